The van der Waals surface area contributed by atoms with Gasteiger partial charge in [0, 0.05) is 10.1 Å². The van der Waals surface area contributed by atoms with Crippen molar-refractivity contribution in [2.75, 3.05) is 7.11 Å². The van der Waals surface area contributed by atoms with E-state index in [9.17, 15) is 4.79 Å². The Morgan fingerprint density at radius 1 is 1.44 bits per heavy atom. The number of carbonyl (C=O) groups is 1. The number of carbonyl (C=O) groups excluding carboxylic acids is 1. The molecule has 0 aliphatic heterocycles. The second-order valence-electron chi connectivity index (χ2n) is 3.76. The van der Waals surface area contributed by atoms with Gasteiger partial charge in [-0.05, 0) is 36.6 Å². The van der Waals surface area contributed by atoms with Crippen molar-refractivity contribution in [2.24, 2.45) is 0 Å². The molecule has 84 valence electrons. The van der Waals surface area contributed by atoms with Crippen molar-refractivity contribution in [3.05, 3.63) is 28.1 Å². The summed E-state index contributed by atoms with van der Waals surface area (Å²) in [5.41, 5.74) is 2.26. The summed E-state index contributed by atoms with van der Waals surface area (Å²) in [6.07, 6.45) is 1.80. The lowest BCUT2D eigenvalue weighted by Gasteiger charge is -2.05. The zero-order valence-corrected chi connectivity index (χ0v) is 10.5. The molecule has 0 atom stereocenters. The summed E-state index contributed by atoms with van der Waals surface area (Å²) >= 11 is 1.54. The summed E-state index contributed by atoms with van der Waals surface area (Å²) in [6, 6.07) is 4.12. The van der Waals surface area contributed by atoms with Gasteiger partial charge in [0.05, 0.1) is 12.0 Å². The minimum absolute atomic E-state index is 0.821. The molecule has 0 unspecified atom stereocenters. The van der Waals surface area contributed by atoms with Crippen molar-refractivity contribution >= 4 is 27.7 Å². The molecule has 2 nitrogen and oxygen atoms in total. The number of methoxy groups -OCH3 is 1. The van der Waals surface area contributed by atoms with Crippen molar-refractivity contribution in [1.29, 1.82) is 0 Å². The Kier molecular flexibility index (Phi) is 2.97. The fourth-order valence-corrected chi connectivity index (χ4v) is 3.23. The van der Waals surface area contributed by atoms with E-state index in [0.29, 0.717) is 0 Å². The lowest BCUT2D eigenvalue weighted by Crippen LogP contribution is -1.89. The van der Waals surface area contributed by atoms with Crippen LogP contribution in [-0.4, -0.2) is 13.4 Å². The van der Waals surface area contributed by atoms with Crippen LogP contribution in [0.25, 0.3) is 10.1 Å². The van der Waals surface area contributed by atoms with Gasteiger partial charge < -0.3 is 4.74 Å². The number of rotatable bonds is 3. The average molecular weight is 234 g/mol. The first kappa shape index (κ1) is 11.1. The number of aldehydes is 1. The summed E-state index contributed by atoms with van der Waals surface area (Å²) in [7, 11) is 1.67. The number of hydrogen-bond acceptors (Lipinski definition) is 3. The summed E-state index contributed by atoms with van der Waals surface area (Å²) in [5.74, 6) is 0.871. The fourth-order valence-electron chi connectivity index (χ4n) is 2.01. The molecule has 0 saturated heterocycles. The molecular weight excluding hydrogens is 220 g/mol. The molecule has 3 heteroatoms. The van der Waals surface area contributed by atoms with Crippen LogP contribution in [0.15, 0.2) is 12.1 Å². The second-order valence-corrected chi connectivity index (χ2v) is 4.84. The average Bonchev–Trinajstić information content (AvgIpc) is 2.65. The van der Waals surface area contributed by atoms with E-state index in [1.54, 1.807) is 18.4 Å². The predicted molar refractivity (Wildman–Crippen MR) is 67.9 cm³/mol. The van der Waals surface area contributed by atoms with E-state index in [4.69, 9.17) is 4.74 Å². The van der Waals surface area contributed by atoms with E-state index in [1.165, 1.54) is 0 Å². The highest BCUT2D eigenvalue weighted by atomic mass is 32.1. The minimum Gasteiger partial charge on any atom is -0.496 e. The lowest BCUT2D eigenvalue weighted by atomic mass is 10.1. The second kappa shape index (κ2) is 4.26. The van der Waals surface area contributed by atoms with E-state index in [2.05, 4.69) is 13.0 Å². The van der Waals surface area contributed by atoms with E-state index in [0.717, 1.165) is 44.5 Å². The maximum absolute atomic E-state index is 11.0. The van der Waals surface area contributed by atoms with Crippen LogP contribution in [0.5, 0.6) is 5.75 Å². The van der Waals surface area contributed by atoms with Gasteiger partial charge in [-0.3, -0.25) is 4.79 Å². The molecule has 2 rings (SSSR count). The zero-order chi connectivity index (χ0) is 11.7. The summed E-state index contributed by atoms with van der Waals surface area (Å²) in [4.78, 5) is 11.8. The molecule has 0 aliphatic rings. The molecule has 0 spiro atoms. The van der Waals surface area contributed by atoms with Gasteiger partial charge in [0.2, 0.25) is 0 Å². The monoisotopic (exact) mass is 234 g/mol. The van der Waals surface area contributed by atoms with Gasteiger partial charge in [-0.1, -0.05) is 6.92 Å². The van der Waals surface area contributed by atoms with Crippen molar-refractivity contribution in [2.45, 2.75) is 20.3 Å². The number of benzene rings is 1. The van der Waals surface area contributed by atoms with Crippen LogP contribution < -0.4 is 4.74 Å². The van der Waals surface area contributed by atoms with Gasteiger partial charge in [0.1, 0.15) is 5.75 Å². The number of thiophene rings is 1. The standard InChI is InChI=1S/C13H14O2S/c1-4-9-12(7-14)16-11-6-8(2)5-10(15-3)13(9)11/h5-7H,4H2,1-3H3. The highest BCUT2D eigenvalue weighted by Gasteiger charge is 2.14. The van der Waals surface area contributed by atoms with Crippen molar-refractivity contribution < 1.29 is 9.53 Å². The third-order valence-electron chi connectivity index (χ3n) is 2.71. The Bertz CT molecular complexity index is 540. The maximum atomic E-state index is 11.0. The van der Waals surface area contributed by atoms with E-state index in [1.807, 2.05) is 13.0 Å². The molecule has 0 saturated carbocycles. The van der Waals surface area contributed by atoms with Gasteiger partial charge in [-0.25, -0.2) is 0 Å². The first-order valence-electron chi connectivity index (χ1n) is 5.26. The third kappa shape index (κ3) is 1.61. The van der Waals surface area contributed by atoms with Gasteiger partial charge in [0.15, 0.2) is 6.29 Å². The molecule has 2 aromatic rings. The predicted octanol–water partition coefficient (Wildman–Crippen LogP) is 3.59. The highest BCUT2D eigenvalue weighted by Crippen LogP contribution is 2.38. The van der Waals surface area contributed by atoms with Crippen LogP contribution in [0, 0.1) is 6.92 Å². The van der Waals surface area contributed by atoms with Crippen LogP contribution in [0.1, 0.15) is 27.7 Å². The van der Waals surface area contributed by atoms with Crippen molar-refractivity contribution in [3.8, 4) is 5.75 Å². The highest BCUT2D eigenvalue weighted by molar-refractivity contribution is 7.20. The Labute approximate surface area is 98.9 Å². The van der Waals surface area contributed by atoms with Gasteiger partial charge >= 0.3 is 0 Å². The number of ether oxygens (including phenoxy) is 1. The Hall–Kier alpha value is -1.35. The van der Waals surface area contributed by atoms with E-state index in [-0.39, 0.29) is 0 Å². The SMILES string of the molecule is CCc1c(C=O)sc2cc(C)cc(OC)c12. The van der Waals surface area contributed by atoms with Gasteiger partial charge in [-0.2, -0.15) is 0 Å². The van der Waals surface area contributed by atoms with E-state index < -0.39 is 0 Å². The normalized spacial score (nSPS) is 10.7. The minimum atomic E-state index is 0.821. The molecule has 0 bridgehead atoms. The smallest absolute Gasteiger partial charge is 0.160 e. The summed E-state index contributed by atoms with van der Waals surface area (Å²) in [6.45, 7) is 4.10. The topological polar surface area (TPSA) is 26.3 Å². The van der Waals surface area contributed by atoms with Crippen LogP contribution >= 0.6 is 11.3 Å². The number of aryl methyl sites for hydroxylation is 2. The maximum Gasteiger partial charge on any atom is 0.160 e. The number of hydrogen-bond donors (Lipinski definition) is 0. The Morgan fingerprint density at radius 2 is 2.19 bits per heavy atom. The van der Waals surface area contributed by atoms with E-state index >= 15 is 0 Å². The molecular formula is C13H14O2S. The molecule has 0 amide bonds. The molecule has 1 aromatic carbocycles. The molecule has 16 heavy (non-hydrogen) atoms. The van der Waals surface area contributed by atoms with Crippen LogP contribution in [0.4, 0.5) is 0 Å². The quantitative estimate of drug-likeness (QED) is 0.758. The first-order valence-corrected chi connectivity index (χ1v) is 6.08. The lowest BCUT2D eigenvalue weighted by molar-refractivity contribution is 0.112. The number of fused-ring (bicyclic) bond motifs is 1. The first-order chi connectivity index (χ1) is 7.71. The van der Waals surface area contributed by atoms with Crippen molar-refractivity contribution in [1.82, 2.24) is 0 Å². The zero-order valence-electron chi connectivity index (χ0n) is 9.66. The third-order valence-corrected chi connectivity index (χ3v) is 3.81. The molecule has 1 heterocycles. The largest absolute Gasteiger partial charge is 0.496 e. The molecule has 0 radical (unpaired) electrons. The molecule has 0 aliphatic carbocycles. The Balaban J connectivity index is 2.86. The fraction of sp³-hybridized carbons (Fsp3) is 0.308. The molecule has 0 fully saturated rings. The summed E-state index contributed by atoms with van der Waals surface area (Å²) in [5, 5.41) is 1.10. The van der Waals surface area contributed by atoms with Gasteiger partial charge in [-0.15, -0.1) is 11.3 Å². The van der Waals surface area contributed by atoms with Crippen LogP contribution in [0.2, 0.25) is 0 Å². The van der Waals surface area contributed by atoms with Crippen LogP contribution in [-0.2, 0) is 6.42 Å². The van der Waals surface area contributed by atoms with Crippen molar-refractivity contribution in [3.63, 3.8) is 0 Å². The Morgan fingerprint density at radius 3 is 2.75 bits per heavy atom. The van der Waals surface area contributed by atoms with Crippen LogP contribution in [0.3, 0.4) is 0 Å². The molecule has 0 N–H and O–H groups in total. The molecule has 1 aromatic heterocycles. The van der Waals surface area contributed by atoms with Gasteiger partial charge in [0.25, 0.3) is 0 Å². The summed E-state index contributed by atoms with van der Waals surface area (Å²) < 4.78 is 6.53.